The third kappa shape index (κ3) is 5.68. The first-order chi connectivity index (χ1) is 6.97. The first-order valence-electron chi connectivity index (χ1n) is 4.30. The number of rotatable bonds is 5. The summed E-state index contributed by atoms with van der Waals surface area (Å²) in [6.07, 6.45) is 1.57. The maximum absolute atomic E-state index is 11.7. The second-order valence-corrected chi connectivity index (χ2v) is 4.00. The third-order valence-corrected chi connectivity index (χ3v) is 2.23. The van der Waals surface area contributed by atoms with Gasteiger partial charge in [-0.1, -0.05) is 0 Å². The Bertz CT molecular complexity index is 300. The molecule has 1 rings (SSSR count). The first-order valence-corrected chi connectivity index (χ1v) is 5.28. The normalized spacial score (nSPS) is 12.0. The minimum atomic E-state index is -4.15. The van der Waals surface area contributed by atoms with Crippen LogP contribution < -0.4 is 5.32 Å². The van der Waals surface area contributed by atoms with Crippen molar-refractivity contribution in [2.45, 2.75) is 19.0 Å². The Hall–Kier alpha value is -0.690. The van der Waals surface area contributed by atoms with Crippen LogP contribution in [0.25, 0.3) is 0 Å². The fourth-order valence-corrected chi connectivity index (χ4v) is 1.40. The maximum atomic E-state index is 11.7. The zero-order chi connectivity index (χ0) is 11.3. The van der Waals surface area contributed by atoms with Crippen LogP contribution in [0.1, 0.15) is 11.7 Å². The largest absolute Gasteiger partial charge is 0.445 e. The van der Waals surface area contributed by atoms with E-state index in [-0.39, 0.29) is 24.1 Å². The van der Waals surface area contributed by atoms with Crippen molar-refractivity contribution in [1.82, 2.24) is 10.3 Å². The molecule has 0 bridgehead atoms. The Labute approximate surface area is 89.4 Å². The Morgan fingerprint density at radius 3 is 2.80 bits per heavy atom. The average Bonchev–Trinajstić information content (AvgIpc) is 2.49. The van der Waals surface area contributed by atoms with Gasteiger partial charge in [-0.2, -0.15) is 13.2 Å². The van der Waals surface area contributed by atoms with Gasteiger partial charge in [0.1, 0.15) is 5.76 Å². The molecule has 15 heavy (non-hydrogen) atoms. The number of hydrogen-bond acceptors (Lipinski definition) is 4. The molecule has 0 amide bonds. The molecule has 0 aliphatic carbocycles. The van der Waals surface area contributed by atoms with E-state index in [0.717, 1.165) is 0 Å². The van der Waals surface area contributed by atoms with Crippen LogP contribution in [0.4, 0.5) is 13.2 Å². The summed E-state index contributed by atoms with van der Waals surface area (Å²) in [4.78, 5) is 3.90. The van der Waals surface area contributed by atoms with Gasteiger partial charge in [-0.25, -0.2) is 4.98 Å². The molecule has 0 aliphatic heterocycles. The van der Waals surface area contributed by atoms with E-state index in [4.69, 9.17) is 4.42 Å². The number of oxazole rings is 1. The summed E-state index contributed by atoms with van der Waals surface area (Å²) in [6, 6.07) is 0. The second-order valence-electron chi connectivity index (χ2n) is 2.84. The van der Waals surface area contributed by atoms with Gasteiger partial charge in [0.15, 0.2) is 0 Å². The molecule has 1 aromatic heterocycles. The van der Waals surface area contributed by atoms with Gasteiger partial charge >= 0.3 is 5.51 Å². The minimum absolute atomic E-state index is 0.0107. The van der Waals surface area contributed by atoms with Crippen molar-refractivity contribution in [2.75, 3.05) is 12.3 Å². The zero-order valence-electron chi connectivity index (χ0n) is 8.10. The highest BCUT2D eigenvalue weighted by molar-refractivity contribution is 8.00. The van der Waals surface area contributed by atoms with Crippen molar-refractivity contribution < 1.29 is 17.6 Å². The zero-order valence-corrected chi connectivity index (χ0v) is 8.91. The molecule has 0 unspecified atom stereocenters. The number of nitrogens with one attached hydrogen (secondary N) is 1. The summed E-state index contributed by atoms with van der Waals surface area (Å²) in [5, 5.41) is 2.81. The molecule has 1 N–H and O–H groups in total. The van der Waals surface area contributed by atoms with Crippen LogP contribution in [-0.2, 0) is 6.54 Å². The predicted octanol–water partition coefficient (Wildman–Crippen LogP) is 2.33. The molecule has 86 valence electrons. The molecule has 0 saturated heterocycles. The van der Waals surface area contributed by atoms with Crippen molar-refractivity contribution in [3.05, 3.63) is 17.8 Å². The van der Waals surface area contributed by atoms with E-state index in [9.17, 15) is 13.2 Å². The SMILES string of the molecule is Cc1cnc(CNCCSC(F)(F)F)o1. The minimum Gasteiger partial charge on any atom is -0.445 e. The predicted molar refractivity (Wildman–Crippen MR) is 51.5 cm³/mol. The molecular formula is C8H11F3N2OS. The number of aryl methyl sites for hydroxylation is 1. The van der Waals surface area contributed by atoms with E-state index < -0.39 is 5.51 Å². The van der Waals surface area contributed by atoms with Gasteiger partial charge in [-0.05, 0) is 18.7 Å². The van der Waals surface area contributed by atoms with Crippen LogP contribution in [-0.4, -0.2) is 22.8 Å². The number of thioether (sulfide) groups is 1. The fraction of sp³-hybridized carbons (Fsp3) is 0.625. The molecule has 3 nitrogen and oxygen atoms in total. The van der Waals surface area contributed by atoms with Crippen molar-refractivity contribution in [3.63, 3.8) is 0 Å². The highest BCUT2D eigenvalue weighted by Gasteiger charge is 2.27. The summed E-state index contributed by atoms with van der Waals surface area (Å²) in [7, 11) is 0. The van der Waals surface area contributed by atoms with Gasteiger partial charge in [0, 0.05) is 12.3 Å². The molecule has 1 aromatic rings. The molecular weight excluding hydrogens is 229 g/mol. The van der Waals surface area contributed by atoms with E-state index in [2.05, 4.69) is 10.3 Å². The van der Waals surface area contributed by atoms with Crippen molar-refractivity contribution in [1.29, 1.82) is 0 Å². The van der Waals surface area contributed by atoms with Crippen molar-refractivity contribution >= 4 is 11.8 Å². The maximum Gasteiger partial charge on any atom is 0.441 e. The highest BCUT2D eigenvalue weighted by atomic mass is 32.2. The summed E-state index contributed by atoms with van der Waals surface area (Å²) in [5.41, 5.74) is -4.15. The van der Waals surface area contributed by atoms with Crippen LogP contribution in [0.5, 0.6) is 0 Å². The number of hydrogen-bond donors (Lipinski definition) is 1. The Morgan fingerprint density at radius 1 is 1.53 bits per heavy atom. The van der Waals surface area contributed by atoms with Gasteiger partial charge in [-0.3, -0.25) is 0 Å². The van der Waals surface area contributed by atoms with E-state index in [1.807, 2.05) is 0 Å². The number of aromatic nitrogens is 1. The lowest BCUT2D eigenvalue weighted by atomic mass is 10.6. The average molecular weight is 240 g/mol. The molecule has 0 spiro atoms. The molecule has 0 aromatic carbocycles. The standard InChI is InChI=1S/C8H11F3N2OS/c1-6-4-13-7(14-6)5-12-2-3-15-8(9,10)11/h4,12H,2-3,5H2,1H3. The van der Waals surface area contributed by atoms with Gasteiger partial charge in [0.05, 0.1) is 12.7 Å². The monoisotopic (exact) mass is 240 g/mol. The van der Waals surface area contributed by atoms with E-state index in [1.165, 1.54) is 0 Å². The van der Waals surface area contributed by atoms with Gasteiger partial charge < -0.3 is 9.73 Å². The van der Waals surface area contributed by atoms with E-state index in [1.54, 1.807) is 13.1 Å². The first kappa shape index (κ1) is 12.4. The molecule has 0 saturated carbocycles. The second kappa shape index (κ2) is 5.41. The van der Waals surface area contributed by atoms with E-state index >= 15 is 0 Å². The molecule has 1 heterocycles. The lowest BCUT2D eigenvalue weighted by molar-refractivity contribution is -0.0327. The summed E-state index contributed by atoms with van der Waals surface area (Å²) in [5.74, 6) is 1.17. The highest BCUT2D eigenvalue weighted by Crippen LogP contribution is 2.29. The van der Waals surface area contributed by atoms with Crippen LogP contribution in [0.2, 0.25) is 0 Å². The van der Waals surface area contributed by atoms with Crippen LogP contribution >= 0.6 is 11.8 Å². The number of alkyl halides is 3. The Balaban J connectivity index is 2.07. The summed E-state index contributed by atoms with van der Waals surface area (Å²) < 4.78 is 40.3. The van der Waals surface area contributed by atoms with Gasteiger partial charge in [0.2, 0.25) is 5.89 Å². The van der Waals surface area contributed by atoms with Gasteiger partial charge in [0.25, 0.3) is 0 Å². The lowest BCUT2D eigenvalue weighted by Crippen LogP contribution is -2.18. The van der Waals surface area contributed by atoms with E-state index in [0.29, 0.717) is 18.2 Å². The van der Waals surface area contributed by atoms with Gasteiger partial charge in [-0.15, -0.1) is 0 Å². The van der Waals surface area contributed by atoms with Crippen LogP contribution in [0.15, 0.2) is 10.6 Å². The molecule has 0 aliphatic rings. The Morgan fingerprint density at radius 2 is 2.27 bits per heavy atom. The fourth-order valence-electron chi connectivity index (χ4n) is 0.917. The Kier molecular flexibility index (Phi) is 4.46. The van der Waals surface area contributed by atoms with Crippen LogP contribution in [0.3, 0.4) is 0 Å². The quantitative estimate of drug-likeness (QED) is 0.801. The smallest absolute Gasteiger partial charge is 0.441 e. The third-order valence-electron chi connectivity index (χ3n) is 1.49. The molecule has 0 radical (unpaired) electrons. The van der Waals surface area contributed by atoms with Crippen LogP contribution in [0, 0.1) is 6.92 Å². The number of nitrogens with zero attached hydrogens (tertiary/aromatic N) is 1. The topological polar surface area (TPSA) is 38.1 Å². The van der Waals surface area contributed by atoms with Crippen molar-refractivity contribution in [2.24, 2.45) is 0 Å². The molecule has 0 atom stereocenters. The molecule has 0 fully saturated rings. The summed E-state index contributed by atoms with van der Waals surface area (Å²) >= 11 is -0.0396. The number of halogens is 3. The summed E-state index contributed by atoms with van der Waals surface area (Å²) in [6.45, 7) is 2.38. The molecule has 7 heteroatoms. The lowest BCUT2D eigenvalue weighted by Gasteiger charge is -2.05. The van der Waals surface area contributed by atoms with Crippen molar-refractivity contribution in [3.8, 4) is 0 Å².